The SMILES string of the molecule is Cc1cc(C)nc(N2CC3CN(C(=O)c4nc(C)sc4C4=CCCC=C4)CC3C2)n1. The van der Waals surface area contributed by atoms with Crippen LogP contribution in [0.15, 0.2) is 24.3 Å². The fourth-order valence-corrected chi connectivity index (χ4v) is 5.80. The summed E-state index contributed by atoms with van der Waals surface area (Å²) in [7, 11) is 0. The van der Waals surface area contributed by atoms with E-state index in [4.69, 9.17) is 0 Å². The molecule has 4 heterocycles. The summed E-state index contributed by atoms with van der Waals surface area (Å²) in [5, 5.41) is 0.950. The summed E-state index contributed by atoms with van der Waals surface area (Å²) in [6.45, 7) is 9.41. The normalized spacial score (nSPS) is 23.1. The fraction of sp³-hybridized carbons (Fsp3) is 0.478. The first kappa shape index (κ1) is 19.4. The van der Waals surface area contributed by atoms with Crippen molar-refractivity contribution >= 4 is 28.8 Å². The predicted molar refractivity (Wildman–Crippen MR) is 120 cm³/mol. The molecule has 0 N–H and O–H groups in total. The number of allylic oxidation sites excluding steroid dienone is 4. The molecule has 2 aromatic rings. The van der Waals surface area contributed by atoms with Crippen LogP contribution in [0.4, 0.5) is 5.95 Å². The molecule has 2 atom stereocenters. The maximum atomic E-state index is 13.4. The molecule has 1 amide bonds. The van der Waals surface area contributed by atoms with E-state index in [-0.39, 0.29) is 5.91 Å². The third-order valence-corrected chi connectivity index (χ3v) is 7.24. The van der Waals surface area contributed by atoms with Crippen LogP contribution in [0.25, 0.3) is 5.57 Å². The number of hydrogen-bond donors (Lipinski definition) is 0. The molecule has 2 aliphatic heterocycles. The number of fused-ring (bicyclic) bond motifs is 1. The quantitative estimate of drug-likeness (QED) is 0.754. The van der Waals surface area contributed by atoms with Gasteiger partial charge in [0.2, 0.25) is 5.95 Å². The van der Waals surface area contributed by atoms with E-state index >= 15 is 0 Å². The molecule has 1 aliphatic carbocycles. The summed E-state index contributed by atoms with van der Waals surface area (Å²) in [5.74, 6) is 1.84. The van der Waals surface area contributed by atoms with Gasteiger partial charge in [-0.15, -0.1) is 11.3 Å². The van der Waals surface area contributed by atoms with Crippen LogP contribution in [-0.4, -0.2) is 51.9 Å². The summed E-state index contributed by atoms with van der Waals surface area (Å²) in [6, 6.07) is 2.01. The Hall–Kier alpha value is -2.54. The first-order valence-electron chi connectivity index (χ1n) is 10.7. The number of thiazole rings is 1. The molecule has 5 rings (SSSR count). The van der Waals surface area contributed by atoms with Gasteiger partial charge in [0.1, 0.15) is 5.69 Å². The molecule has 6 nitrogen and oxygen atoms in total. The van der Waals surface area contributed by atoms with Crippen molar-refractivity contribution in [2.24, 2.45) is 11.8 Å². The molecule has 0 saturated carbocycles. The molecule has 2 unspecified atom stereocenters. The zero-order chi connectivity index (χ0) is 20.8. The van der Waals surface area contributed by atoms with Gasteiger partial charge in [-0.05, 0) is 45.3 Å². The van der Waals surface area contributed by atoms with Crippen LogP contribution >= 0.6 is 11.3 Å². The Labute approximate surface area is 181 Å². The molecule has 30 heavy (non-hydrogen) atoms. The maximum Gasteiger partial charge on any atom is 0.274 e. The highest BCUT2D eigenvalue weighted by Crippen LogP contribution is 2.36. The molecule has 0 radical (unpaired) electrons. The molecule has 3 aliphatic rings. The van der Waals surface area contributed by atoms with Crippen LogP contribution in [-0.2, 0) is 0 Å². The summed E-state index contributed by atoms with van der Waals surface area (Å²) >= 11 is 1.63. The summed E-state index contributed by atoms with van der Waals surface area (Å²) in [6.07, 6.45) is 8.64. The average Bonchev–Trinajstić information content (AvgIpc) is 3.40. The van der Waals surface area contributed by atoms with Crippen molar-refractivity contribution in [2.45, 2.75) is 33.6 Å². The lowest BCUT2D eigenvalue weighted by atomic mass is 10.0. The average molecular weight is 422 g/mol. The van der Waals surface area contributed by atoms with Gasteiger partial charge in [0.25, 0.3) is 5.91 Å². The number of aryl methyl sites for hydroxylation is 3. The molecule has 0 bridgehead atoms. The number of carbonyl (C=O) groups excluding carboxylic acids is 1. The van der Waals surface area contributed by atoms with Crippen molar-refractivity contribution in [2.75, 3.05) is 31.1 Å². The van der Waals surface area contributed by atoms with Gasteiger partial charge in [-0.25, -0.2) is 15.0 Å². The number of aromatic nitrogens is 3. The lowest BCUT2D eigenvalue weighted by Gasteiger charge is -2.22. The van der Waals surface area contributed by atoms with Gasteiger partial charge in [0, 0.05) is 49.4 Å². The second-order valence-electron chi connectivity index (χ2n) is 8.64. The number of rotatable bonds is 3. The highest BCUT2D eigenvalue weighted by atomic mass is 32.1. The fourth-order valence-electron chi connectivity index (χ4n) is 4.87. The molecular formula is C23H27N5OS. The van der Waals surface area contributed by atoms with Crippen LogP contribution in [0.1, 0.15) is 44.6 Å². The minimum Gasteiger partial charge on any atom is -0.340 e. The van der Waals surface area contributed by atoms with Gasteiger partial charge in [-0.2, -0.15) is 0 Å². The van der Waals surface area contributed by atoms with E-state index in [1.54, 1.807) is 11.3 Å². The first-order valence-corrected chi connectivity index (χ1v) is 11.5. The van der Waals surface area contributed by atoms with Crippen LogP contribution in [0, 0.1) is 32.6 Å². The third kappa shape index (κ3) is 3.55. The summed E-state index contributed by atoms with van der Waals surface area (Å²) in [5.41, 5.74) is 3.78. The largest absolute Gasteiger partial charge is 0.340 e. The smallest absolute Gasteiger partial charge is 0.274 e. The van der Waals surface area contributed by atoms with Gasteiger partial charge in [-0.1, -0.05) is 18.2 Å². The molecule has 156 valence electrons. The van der Waals surface area contributed by atoms with Crippen molar-refractivity contribution in [3.63, 3.8) is 0 Å². The molecule has 7 heteroatoms. The minimum atomic E-state index is 0.0813. The summed E-state index contributed by atoms with van der Waals surface area (Å²) < 4.78 is 0. The van der Waals surface area contributed by atoms with E-state index in [0.717, 1.165) is 71.8 Å². The zero-order valence-electron chi connectivity index (χ0n) is 17.8. The Morgan fingerprint density at radius 1 is 1.00 bits per heavy atom. The molecular weight excluding hydrogens is 394 g/mol. The van der Waals surface area contributed by atoms with E-state index < -0.39 is 0 Å². The van der Waals surface area contributed by atoms with Crippen LogP contribution in [0.2, 0.25) is 0 Å². The molecule has 2 saturated heterocycles. The number of carbonyl (C=O) groups is 1. The Balaban J connectivity index is 1.31. The van der Waals surface area contributed by atoms with Crippen LogP contribution in [0.3, 0.4) is 0 Å². The third-order valence-electron chi connectivity index (χ3n) is 6.22. The monoisotopic (exact) mass is 421 g/mol. The number of hydrogen-bond acceptors (Lipinski definition) is 6. The highest BCUT2D eigenvalue weighted by molar-refractivity contribution is 7.13. The Bertz CT molecular complexity index is 1020. The van der Waals surface area contributed by atoms with Gasteiger partial charge < -0.3 is 9.80 Å². The lowest BCUT2D eigenvalue weighted by Crippen LogP contribution is -2.34. The maximum absolute atomic E-state index is 13.4. The van der Waals surface area contributed by atoms with Gasteiger partial charge in [0.05, 0.1) is 9.88 Å². The zero-order valence-corrected chi connectivity index (χ0v) is 18.6. The topological polar surface area (TPSA) is 62.2 Å². The van der Waals surface area contributed by atoms with Crippen molar-refractivity contribution in [3.05, 3.63) is 51.3 Å². The second kappa shape index (κ2) is 7.61. The number of likely N-dealkylation sites (tertiary alicyclic amines) is 1. The predicted octanol–water partition coefficient (Wildman–Crippen LogP) is 3.80. The van der Waals surface area contributed by atoms with Crippen molar-refractivity contribution in [1.82, 2.24) is 19.9 Å². The standard InChI is InChI=1S/C23H27N5OS/c1-14-9-15(2)25-23(24-14)28-12-18-10-27(11-19(18)13-28)22(29)20-21(30-16(3)26-20)17-7-5-4-6-8-17/h5,7-9,18-19H,4,6,10-13H2,1-3H3. The molecule has 0 spiro atoms. The molecule has 2 fully saturated rings. The number of anilines is 1. The Morgan fingerprint density at radius 3 is 2.33 bits per heavy atom. The van der Waals surface area contributed by atoms with E-state index in [0.29, 0.717) is 17.5 Å². The van der Waals surface area contributed by atoms with E-state index in [1.807, 2.05) is 31.7 Å². The molecule has 0 aromatic carbocycles. The minimum absolute atomic E-state index is 0.0813. The number of nitrogens with zero attached hydrogens (tertiary/aromatic N) is 5. The van der Waals surface area contributed by atoms with Crippen LogP contribution in [0.5, 0.6) is 0 Å². The van der Waals surface area contributed by atoms with E-state index in [1.165, 1.54) is 0 Å². The van der Waals surface area contributed by atoms with Crippen molar-refractivity contribution in [3.8, 4) is 0 Å². The molecule has 2 aromatic heterocycles. The van der Waals surface area contributed by atoms with E-state index in [9.17, 15) is 4.79 Å². The van der Waals surface area contributed by atoms with Gasteiger partial charge >= 0.3 is 0 Å². The number of amides is 1. The van der Waals surface area contributed by atoms with Crippen molar-refractivity contribution < 1.29 is 4.79 Å². The Kier molecular flexibility index (Phi) is 4.93. The van der Waals surface area contributed by atoms with Gasteiger partial charge in [-0.3, -0.25) is 4.79 Å². The van der Waals surface area contributed by atoms with Gasteiger partial charge in [0.15, 0.2) is 0 Å². The van der Waals surface area contributed by atoms with Crippen LogP contribution < -0.4 is 4.90 Å². The van der Waals surface area contributed by atoms with E-state index in [2.05, 4.69) is 38.1 Å². The Morgan fingerprint density at radius 2 is 1.70 bits per heavy atom. The van der Waals surface area contributed by atoms with Crippen molar-refractivity contribution in [1.29, 1.82) is 0 Å². The second-order valence-corrected chi connectivity index (χ2v) is 9.84. The highest BCUT2D eigenvalue weighted by Gasteiger charge is 2.43. The first-order chi connectivity index (χ1) is 14.5. The lowest BCUT2D eigenvalue weighted by molar-refractivity contribution is 0.0777. The summed E-state index contributed by atoms with van der Waals surface area (Å²) in [4.78, 5) is 32.6.